The van der Waals surface area contributed by atoms with Gasteiger partial charge >= 0.3 is 0 Å². The fraction of sp³-hybridized carbons (Fsp3) is 0.538. The minimum Gasteiger partial charge on any atom is -0.384 e. The molecule has 2 N–H and O–H groups in total. The Kier molecular flexibility index (Phi) is 2.37. The van der Waals surface area contributed by atoms with Crippen LogP contribution in [0.5, 0.6) is 0 Å². The summed E-state index contributed by atoms with van der Waals surface area (Å²) >= 11 is 0. The molecule has 1 heterocycles. The molecule has 80 valence electrons. The first-order valence-corrected chi connectivity index (χ1v) is 5.99. The predicted molar refractivity (Wildman–Crippen MR) is 63.1 cm³/mol. The molecule has 1 aromatic rings. The van der Waals surface area contributed by atoms with Gasteiger partial charge in [-0.15, -0.1) is 0 Å². The summed E-state index contributed by atoms with van der Waals surface area (Å²) in [5, 5.41) is 7.04. The summed E-state index contributed by atoms with van der Waals surface area (Å²) in [5.74, 6) is 0.967. The number of hydrogen-bond acceptors (Lipinski definition) is 2. The van der Waals surface area contributed by atoms with Crippen molar-refractivity contribution in [2.24, 2.45) is 5.92 Å². The molecule has 2 aliphatic rings. The van der Waals surface area contributed by atoms with Gasteiger partial charge in [0.2, 0.25) is 0 Å². The molecule has 1 aliphatic carbocycles. The molecule has 2 nitrogen and oxygen atoms in total. The van der Waals surface area contributed by atoms with E-state index in [0.717, 1.165) is 19.0 Å². The summed E-state index contributed by atoms with van der Waals surface area (Å²) in [4.78, 5) is 0. The van der Waals surface area contributed by atoms with Gasteiger partial charge in [0.15, 0.2) is 0 Å². The monoisotopic (exact) mass is 202 g/mol. The fourth-order valence-electron chi connectivity index (χ4n) is 2.29. The van der Waals surface area contributed by atoms with Crippen molar-refractivity contribution in [3.05, 3.63) is 29.3 Å². The van der Waals surface area contributed by atoms with E-state index in [2.05, 4.69) is 28.8 Å². The lowest BCUT2D eigenvalue weighted by Gasteiger charge is -2.09. The van der Waals surface area contributed by atoms with Crippen molar-refractivity contribution in [3.63, 3.8) is 0 Å². The van der Waals surface area contributed by atoms with Gasteiger partial charge in [0.05, 0.1) is 0 Å². The third-order valence-corrected chi connectivity index (χ3v) is 3.38. The van der Waals surface area contributed by atoms with Gasteiger partial charge in [0.25, 0.3) is 0 Å². The number of benzene rings is 1. The van der Waals surface area contributed by atoms with E-state index in [0.29, 0.717) is 0 Å². The first kappa shape index (κ1) is 9.22. The number of rotatable bonds is 4. The maximum atomic E-state index is 3.55. The molecule has 1 aromatic carbocycles. The number of hydrogen-bond donors (Lipinski definition) is 2. The normalized spacial score (nSPS) is 18.7. The van der Waals surface area contributed by atoms with Gasteiger partial charge in [0, 0.05) is 18.8 Å². The molecule has 1 aliphatic heterocycles. The topological polar surface area (TPSA) is 24.1 Å². The molecule has 0 atom stereocenters. The molecule has 0 spiro atoms. The maximum absolute atomic E-state index is 3.55. The van der Waals surface area contributed by atoms with Gasteiger partial charge in [-0.25, -0.2) is 0 Å². The lowest BCUT2D eigenvalue weighted by Crippen LogP contribution is -2.16. The van der Waals surface area contributed by atoms with Crippen molar-refractivity contribution in [2.75, 3.05) is 18.4 Å². The Morgan fingerprint density at radius 2 is 2.27 bits per heavy atom. The van der Waals surface area contributed by atoms with E-state index in [9.17, 15) is 0 Å². The van der Waals surface area contributed by atoms with Crippen LogP contribution in [-0.4, -0.2) is 13.1 Å². The lowest BCUT2D eigenvalue weighted by molar-refractivity contribution is 0.639. The van der Waals surface area contributed by atoms with Crippen molar-refractivity contribution in [2.45, 2.75) is 25.8 Å². The fourth-order valence-corrected chi connectivity index (χ4v) is 2.29. The summed E-state index contributed by atoms with van der Waals surface area (Å²) < 4.78 is 0. The van der Waals surface area contributed by atoms with E-state index in [1.54, 1.807) is 0 Å². The van der Waals surface area contributed by atoms with Crippen LogP contribution in [0.1, 0.15) is 24.0 Å². The average Bonchev–Trinajstić information content (AvgIpc) is 2.95. The van der Waals surface area contributed by atoms with Crippen LogP contribution in [0.25, 0.3) is 0 Å². The van der Waals surface area contributed by atoms with Crippen molar-refractivity contribution < 1.29 is 0 Å². The minimum absolute atomic E-state index is 0.967. The zero-order chi connectivity index (χ0) is 10.1. The summed E-state index contributed by atoms with van der Waals surface area (Å²) in [7, 11) is 0. The summed E-state index contributed by atoms with van der Waals surface area (Å²) in [6.45, 7) is 3.32. The molecule has 0 unspecified atom stereocenters. The van der Waals surface area contributed by atoms with Gasteiger partial charge in [-0.3, -0.25) is 0 Å². The smallest absolute Gasteiger partial charge is 0.0419 e. The van der Waals surface area contributed by atoms with E-state index >= 15 is 0 Å². The van der Waals surface area contributed by atoms with E-state index in [-0.39, 0.29) is 0 Å². The first-order chi connectivity index (χ1) is 7.43. The molecule has 1 saturated carbocycles. The van der Waals surface area contributed by atoms with Crippen molar-refractivity contribution >= 4 is 5.69 Å². The molecule has 0 amide bonds. The van der Waals surface area contributed by atoms with Crippen LogP contribution in [0.4, 0.5) is 5.69 Å². The summed E-state index contributed by atoms with van der Waals surface area (Å²) in [5.41, 5.74) is 4.31. The third kappa shape index (κ3) is 2.00. The Morgan fingerprint density at radius 3 is 3.13 bits per heavy atom. The Bertz CT molecular complexity index is 356. The number of anilines is 1. The van der Waals surface area contributed by atoms with E-state index in [1.165, 1.54) is 42.6 Å². The highest BCUT2D eigenvalue weighted by molar-refractivity contribution is 5.61. The quantitative estimate of drug-likeness (QED) is 0.781. The Morgan fingerprint density at radius 1 is 1.33 bits per heavy atom. The highest BCUT2D eigenvalue weighted by Crippen LogP contribution is 2.29. The zero-order valence-electron chi connectivity index (χ0n) is 9.05. The van der Waals surface area contributed by atoms with Crippen molar-refractivity contribution in [1.29, 1.82) is 0 Å². The summed E-state index contributed by atoms with van der Waals surface area (Å²) in [6.07, 6.45) is 4.04. The molecule has 1 fully saturated rings. The van der Waals surface area contributed by atoms with Gasteiger partial charge < -0.3 is 10.6 Å². The van der Waals surface area contributed by atoms with Crippen LogP contribution in [0.2, 0.25) is 0 Å². The molecule has 15 heavy (non-hydrogen) atoms. The van der Waals surface area contributed by atoms with Gasteiger partial charge in [-0.05, 0) is 42.9 Å². The predicted octanol–water partition coefficient (Wildman–Crippen LogP) is 2.15. The molecular weight excluding hydrogens is 184 g/mol. The second-order valence-corrected chi connectivity index (χ2v) is 4.70. The van der Waals surface area contributed by atoms with E-state index < -0.39 is 0 Å². The van der Waals surface area contributed by atoms with E-state index in [4.69, 9.17) is 0 Å². The minimum atomic E-state index is 0.967. The van der Waals surface area contributed by atoms with Crippen molar-refractivity contribution in [1.82, 2.24) is 5.32 Å². The Hall–Kier alpha value is -1.02. The summed E-state index contributed by atoms with van der Waals surface area (Å²) in [6, 6.07) is 6.65. The maximum Gasteiger partial charge on any atom is 0.0419 e. The average molecular weight is 202 g/mol. The first-order valence-electron chi connectivity index (χ1n) is 5.99. The van der Waals surface area contributed by atoms with Gasteiger partial charge in [0.1, 0.15) is 0 Å². The molecule has 0 radical (unpaired) electrons. The molecular formula is C13H18N2. The van der Waals surface area contributed by atoms with Crippen LogP contribution in [0, 0.1) is 5.92 Å². The van der Waals surface area contributed by atoms with E-state index in [1.807, 2.05) is 0 Å². The van der Waals surface area contributed by atoms with Crippen LogP contribution < -0.4 is 10.6 Å². The van der Waals surface area contributed by atoms with Crippen molar-refractivity contribution in [3.8, 4) is 0 Å². The van der Waals surface area contributed by atoms with Crippen LogP contribution in [0.3, 0.4) is 0 Å². The van der Waals surface area contributed by atoms with Gasteiger partial charge in [-0.1, -0.05) is 18.2 Å². The standard InChI is InChI=1S/C13H18N2/c1-2-11-6-7-15-13(11)12(3-1)9-14-8-10-4-5-10/h1-3,10,14-15H,4-9H2. The molecule has 0 bridgehead atoms. The molecule has 0 aromatic heterocycles. The van der Waals surface area contributed by atoms with Crippen LogP contribution >= 0.6 is 0 Å². The highest BCUT2D eigenvalue weighted by atomic mass is 14.9. The largest absolute Gasteiger partial charge is 0.384 e. The molecule has 3 rings (SSSR count). The molecule has 2 heteroatoms. The number of nitrogens with one attached hydrogen (secondary N) is 2. The number of para-hydroxylation sites is 1. The third-order valence-electron chi connectivity index (χ3n) is 3.38. The number of fused-ring (bicyclic) bond motifs is 1. The second kappa shape index (κ2) is 3.86. The molecule has 0 saturated heterocycles. The Labute approximate surface area is 91.1 Å². The second-order valence-electron chi connectivity index (χ2n) is 4.70. The highest BCUT2D eigenvalue weighted by Gasteiger charge is 2.20. The lowest BCUT2D eigenvalue weighted by atomic mass is 10.1. The van der Waals surface area contributed by atoms with Crippen LogP contribution in [0.15, 0.2) is 18.2 Å². The Balaban J connectivity index is 1.65. The van der Waals surface area contributed by atoms with Crippen LogP contribution in [-0.2, 0) is 13.0 Å². The van der Waals surface area contributed by atoms with Gasteiger partial charge in [-0.2, -0.15) is 0 Å². The zero-order valence-corrected chi connectivity index (χ0v) is 9.05. The SMILES string of the molecule is c1cc2c(c(CNCC3CC3)c1)NCC2.